The van der Waals surface area contributed by atoms with Crippen LogP contribution in [0.5, 0.6) is 0 Å². The van der Waals surface area contributed by atoms with E-state index in [-0.39, 0.29) is 24.4 Å². The summed E-state index contributed by atoms with van der Waals surface area (Å²) in [7, 11) is 0. The van der Waals surface area contributed by atoms with E-state index >= 15 is 0 Å². The van der Waals surface area contributed by atoms with Gasteiger partial charge in [0.1, 0.15) is 5.82 Å². The zero-order valence-corrected chi connectivity index (χ0v) is 20.2. The highest BCUT2D eigenvalue weighted by Crippen LogP contribution is 2.38. The molecule has 0 aliphatic heterocycles. The van der Waals surface area contributed by atoms with E-state index < -0.39 is 6.11 Å². The fraction of sp³-hybridized carbons (Fsp3) is 0.586. The summed E-state index contributed by atoms with van der Waals surface area (Å²) in [6.45, 7) is 4.18. The van der Waals surface area contributed by atoms with Gasteiger partial charge < -0.3 is 4.74 Å². The maximum Gasteiger partial charge on any atom is 0.383 e. The number of hydrogen-bond donors (Lipinski definition) is 0. The molecule has 3 rings (SSSR count). The van der Waals surface area contributed by atoms with Crippen LogP contribution >= 0.6 is 0 Å². The van der Waals surface area contributed by atoms with Crippen LogP contribution in [0.15, 0.2) is 42.5 Å². The van der Waals surface area contributed by atoms with Crippen LogP contribution in [0.3, 0.4) is 0 Å². The van der Waals surface area contributed by atoms with Gasteiger partial charge in [-0.2, -0.15) is 8.78 Å². The second-order valence-electron chi connectivity index (χ2n) is 9.63. The molecule has 2 aromatic rings. The number of benzene rings is 2. The first kappa shape index (κ1) is 25.8. The fourth-order valence-electron chi connectivity index (χ4n) is 5.04. The average Bonchev–Trinajstić information content (AvgIpc) is 2.81. The highest BCUT2D eigenvalue weighted by atomic mass is 19.3. The Bertz CT molecular complexity index is 838. The van der Waals surface area contributed by atoms with Crippen molar-refractivity contribution in [1.29, 1.82) is 0 Å². The van der Waals surface area contributed by atoms with Crippen molar-refractivity contribution in [2.75, 3.05) is 6.61 Å². The summed E-state index contributed by atoms with van der Waals surface area (Å²) in [5, 5.41) is 0. The fourth-order valence-corrected chi connectivity index (χ4v) is 5.04. The van der Waals surface area contributed by atoms with E-state index in [1.54, 1.807) is 6.07 Å². The number of hydrogen-bond acceptors (Lipinski definition) is 1. The molecule has 0 saturated heterocycles. The van der Waals surface area contributed by atoms with Crippen molar-refractivity contribution in [3.63, 3.8) is 0 Å². The van der Waals surface area contributed by atoms with Gasteiger partial charge in [-0.25, -0.2) is 4.39 Å². The third kappa shape index (κ3) is 7.60. The van der Waals surface area contributed by atoms with Gasteiger partial charge in [0.15, 0.2) is 0 Å². The second-order valence-corrected chi connectivity index (χ2v) is 9.63. The maximum absolute atomic E-state index is 14.6. The van der Waals surface area contributed by atoms with Crippen LogP contribution in [0.1, 0.15) is 99.8 Å². The van der Waals surface area contributed by atoms with Crippen molar-refractivity contribution >= 4 is 0 Å². The lowest BCUT2D eigenvalue weighted by Crippen LogP contribution is -2.20. The third-order valence-electron chi connectivity index (χ3n) is 7.10. The van der Waals surface area contributed by atoms with Gasteiger partial charge in [0.25, 0.3) is 0 Å². The lowest BCUT2D eigenvalue weighted by molar-refractivity contribution is -0.248. The molecule has 0 atom stereocenters. The van der Waals surface area contributed by atoms with Gasteiger partial charge in [-0.1, -0.05) is 75.9 Å². The van der Waals surface area contributed by atoms with Crippen LogP contribution in [-0.4, -0.2) is 6.61 Å². The first-order valence-corrected chi connectivity index (χ1v) is 12.8. The molecule has 1 fully saturated rings. The Kier molecular flexibility index (Phi) is 9.85. The van der Waals surface area contributed by atoms with Crippen molar-refractivity contribution in [2.24, 2.45) is 5.92 Å². The SMILES string of the molecule is CCCCCc1ccc(CCOC(F)(F)c2ccc(C3CCC(CCC)CC3)cc2)cc1F. The van der Waals surface area contributed by atoms with Gasteiger partial charge in [-0.3, -0.25) is 0 Å². The van der Waals surface area contributed by atoms with E-state index in [4.69, 9.17) is 4.74 Å². The van der Waals surface area contributed by atoms with Crippen LogP contribution in [0, 0.1) is 11.7 Å². The van der Waals surface area contributed by atoms with Crippen molar-refractivity contribution in [3.05, 3.63) is 70.5 Å². The Balaban J connectivity index is 1.49. The summed E-state index contributed by atoms with van der Waals surface area (Å²) >= 11 is 0. The molecule has 0 spiro atoms. The highest BCUT2D eigenvalue weighted by Gasteiger charge is 2.33. The summed E-state index contributed by atoms with van der Waals surface area (Å²) in [6, 6.07) is 11.7. The first-order chi connectivity index (χ1) is 15.9. The van der Waals surface area contributed by atoms with Crippen molar-refractivity contribution < 1.29 is 17.9 Å². The molecule has 0 aromatic heterocycles. The Morgan fingerprint density at radius 3 is 2.24 bits per heavy atom. The van der Waals surface area contributed by atoms with Crippen LogP contribution in [-0.2, 0) is 23.7 Å². The molecule has 0 unspecified atom stereocenters. The summed E-state index contributed by atoms with van der Waals surface area (Å²) in [5.41, 5.74) is 2.40. The third-order valence-corrected chi connectivity index (χ3v) is 7.10. The van der Waals surface area contributed by atoms with Gasteiger partial charge in [0, 0.05) is 0 Å². The second kappa shape index (κ2) is 12.6. The van der Waals surface area contributed by atoms with Gasteiger partial charge in [0.2, 0.25) is 0 Å². The topological polar surface area (TPSA) is 9.23 Å². The minimum absolute atomic E-state index is 0.122. The summed E-state index contributed by atoms with van der Waals surface area (Å²) in [6.07, 6.45) is 8.03. The van der Waals surface area contributed by atoms with Crippen molar-refractivity contribution in [3.8, 4) is 0 Å². The summed E-state index contributed by atoms with van der Waals surface area (Å²) in [5.74, 6) is 1.05. The van der Waals surface area contributed by atoms with E-state index in [9.17, 15) is 13.2 Å². The van der Waals surface area contributed by atoms with E-state index in [0.29, 0.717) is 23.5 Å². The van der Waals surface area contributed by atoms with Crippen molar-refractivity contribution in [1.82, 2.24) is 0 Å². The number of halogens is 3. The summed E-state index contributed by atoms with van der Waals surface area (Å²) < 4.78 is 48.4. The standard InChI is InChI=1S/C29H39F3O/c1-3-5-6-8-26-14-11-23(21-28(26)30)19-20-33-29(31,32)27-17-15-25(16-18-27)24-12-9-22(7-4-2)10-13-24/h11,14-18,21-22,24H,3-10,12-13,19-20H2,1-2H3. The molecule has 4 heteroatoms. The molecular formula is C29H39F3O. The van der Waals surface area contributed by atoms with Crippen LogP contribution < -0.4 is 0 Å². The molecule has 33 heavy (non-hydrogen) atoms. The molecular weight excluding hydrogens is 421 g/mol. The first-order valence-electron chi connectivity index (χ1n) is 12.8. The lowest BCUT2D eigenvalue weighted by atomic mass is 9.77. The number of rotatable bonds is 12. The zero-order valence-electron chi connectivity index (χ0n) is 20.2. The molecule has 2 aromatic carbocycles. The number of ether oxygens (including phenoxy) is 1. The monoisotopic (exact) mass is 460 g/mol. The minimum atomic E-state index is -3.35. The van der Waals surface area contributed by atoms with Gasteiger partial charge in [0.05, 0.1) is 12.2 Å². The molecule has 1 aliphatic carbocycles. The molecule has 0 heterocycles. The van der Waals surface area contributed by atoms with E-state index in [2.05, 4.69) is 13.8 Å². The Morgan fingerprint density at radius 2 is 1.61 bits per heavy atom. The average molecular weight is 461 g/mol. The normalized spacial score (nSPS) is 19.1. The summed E-state index contributed by atoms with van der Waals surface area (Å²) in [4.78, 5) is 0. The van der Waals surface area contributed by atoms with Crippen molar-refractivity contribution in [2.45, 2.75) is 96.5 Å². The molecule has 1 aliphatic rings. The number of alkyl halides is 2. The molecule has 0 N–H and O–H groups in total. The van der Waals surface area contributed by atoms with Gasteiger partial charge in [-0.15, -0.1) is 0 Å². The molecule has 1 nitrogen and oxygen atoms in total. The molecule has 0 radical (unpaired) electrons. The van der Waals surface area contributed by atoms with Crippen LogP contribution in [0.25, 0.3) is 0 Å². The molecule has 0 bridgehead atoms. The Morgan fingerprint density at radius 1 is 0.879 bits per heavy atom. The van der Waals surface area contributed by atoms with Crippen LogP contribution in [0.4, 0.5) is 13.2 Å². The largest absolute Gasteiger partial charge is 0.383 e. The maximum atomic E-state index is 14.6. The zero-order chi connectivity index (χ0) is 23.7. The Labute approximate surface area is 197 Å². The van der Waals surface area contributed by atoms with Crippen LogP contribution in [0.2, 0.25) is 0 Å². The molecule has 1 saturated carbocycles. The van der Waals surface area contributed by atoms with E-state index in [1.807, 2.05) is 18.2 Å². The van der Waals surface area contributed by atoms with E-state index in [1.165, 1.54) is 43.9 Å². The predicted molar refractivity (Wildman–Crippen MR) is 129 cm³/mol. The lowest BCUT2D eigenvalue weighted by Gasteiger charge is -2.29. The number of unbranched alkanes of at least 4 members (excludes halogenated alkanes) is 2. The Hall–Kier alpha value is -1.81. The minimum Gasteiger partial charge on any atom is -0.316 e. The van der Waals surface area contributed by atoms with E-state index in [0.717, 1.165) is 43.6 Å². The molecule has 0 amide bonds. The molecule has 182 valence electrons. The van der Waals surface area contributed by atoms with Gasteiger partial charge >= 0.3 is 6.11 Å². The van der Waals surface area contributed by atoms with Gasteiger partial charge in [-0.05, 0) is 79.5 Å². The quantitative estimate of drug-likeness (QED) is 0.287. The number of aryl methyl sites for hydroxylation is 1. The smallest absolute Gasteiger partial charge is 0.316 e. The predicted octanol–water partition coefficient (Wildman–Crippen LogP) is 8.94. The highest BCUT2D eigenvalue weighted by molar-refractivity contribution is 5.28.